The average Bonchev–Trinajstić information content (AvgIpc) is 2.10. The van der Waals surface area contributed by atoms with Gasteiger partial charge in [0, 0.05) is 0 Å². The third-order valence-electron chi connectivity index (χ3n) is 1.96. The maximum absolute atomic E-state index is 10.4. The monoisotopic (exact) mass is 180 g/mol. The maximum atomic E-state index is 10.4. The second kappa shape index (κ2) is 3.08. The van der Waals surface area contributed by atoms with E-state index in [1.165, 1.54) is 0 Å². The van der Waals surface area contributed by atoms with Crippen molar-refractivity contribution >= 4 is 10.1 Å². The average molecular weight is 180 g/mol. The van der Waals surface area contributed by atoms with Crippen LogP contribution in [0, 0.1) is 5.92 Å². The van der Waals surface area contributed by atoms with Gasteiger partial charge in [-0.05, 0) is 25.2 Å². The van der Waals surface area contributed by atoms with Crippen LogP contribution in [0.1, 0.15) is 19.3 Å². The first-order chi connectivity index (χ1) is 4.97. The molecule has 0 amide bonds. The van der Waals surface area contributed by atoms with E-state index >= 15 is 0 Å². The van der Waals surface area contributed by atoms with Crippen molar-refractivity contribution in [3.63, 3.8) is 0 Å². The lowest BCUT2D eigenvalue weighted by atomic mass is 10.1. The summed E-state index contributed by atoms with van der Waals surface area (Å²) in [6.07, 6.45) is 1.47. The summed E-state index contributed by atoms with van der Waals surface area (Å²) in [7, 11) is -3.84. The minimum Gasteiger partial charge on any atom is -0.393 e. The van der Waals surface area contributed by atoms with E-state index in [9.17, 15) is 8.42 Å². The van der Waals surface area contributed by atoms with Crippen LogP contribution >= 0.6 is 0 Å². The molecule has 0 aromatic heterocycles. The summed E-state index contributed by atoms with van der Waals surface area (Å²) in [5, 5.41) is 9.02. The summed E-state index contributed by atoms with van der Waals surface area (Å²) in [5.41, 5.74) is 0. The molecule has 0 aromatic rings. The first kappa shape index (κ1) is 8.96. The van der Waals surface area contributed by atoms with Crippen molar-refractivity contribution < 1.29 is 18.1 Å². The Labute approximate surface area is 66.0 Å². The highest BCUT2D eigenvalue weighted by atomic mass is 32.2. The van der Waals surface area contributed by atoms with Crippen molar-refractivity contribution in [3.8, 4) is 0 Å². The van der Waals surface area contributed by atoms with Gasteiger partial charge in [-0.1, -0.05) is 0 Å². The van der Waals surface area contributed by atoms with Crippen LogP contribution in [0.2, 0.25) is 0 Å². The highest BCUT2D eigenvalue weighted by Crippen LogP contribution is 2.26. The first-order valence-electron chi connectivity index (χ1n) is 3.60. The van der Waals surface area contributed by atoms with Gasteiger partial charge in [-0.2, -0.15) is 8.42 Å². The van der Waals surface area contributed by atoms with Gasteiger partial charge in [0.15, 0.2) is 0 Å². The van der Waals surface area contributed by atoms with Crippen molar-refractivity contribution in [3.05, 3.63) is 0 Å². The molecule has 2 N–H and O–H groups in total. The van der Waals surface area contributed by atoms with Crippen molar-refractivity contribution in [1.29, 1.82) is 0 Å². The van der Waals surface area contributed by atoms with Gasteiger partial charge in [0.2, 0.25) is 0 Å². The zero-order valence-corrected chi connectivity index (χ0v) is 6.92. The largest absolute Gasteiger partial charge is 0.393 e. The minimum atomic E-state index is -3.84. The van der Waals surface area contributed by atoms with Gasteiger partial charge in [0.1, 0.15) is 0 Å². The van der Waals surface area contributed by atoms with Crippen LogP contribution in [0.4, 0.5) is 0 Å². The van der Waals surface area contributed by atoms with Gasteiger partial charge in [0.05, 0.1) is 11.9 Å². The topological polar surface area (TPSA) is 74.6 Å². The van der Waals surface area contributed by atoms with E-state index in [4.69, 9.17) is 9.66 Å². The van der Waals surface area contributed by atoms with E-state index in [-0.39, 0.29) is 17.8 Å². The summed E-state index contributed by atoms with van der Waals surface area (Å²) in [5.74, 6) is -0.260. The molecule has 0 heterocycles. The zero-order valence-electron chi connectivity index (χ0n) is 6.10. The highest BCUT2D eigenvalue weighted by Gasteiger charge is 2.26. The van der Waals surface area contributed by atoms with Crippen LogP contribution in [0.25, 0.3) is 0 Å². The van der Waals surface area contributed by atoms with Crippen LogP contribution < -0.4 is 0 Å². The summed E-state index contributed by atoms with van der Waals surface area (Å²) in [4.78, 5) is 0. The fourth-order valence-electron chi connectivity index (χ4n) is 1.50. The molecule has 1 fully saturated rings. The van der Waals surface area contributed by atoms with Crippen LogP contribution in [0.15, 0.2) is 0 Å². The van der Waals surface area contributed by atoms with Gasteiger partial charge in [-0.15, -0.1) is 0 Å². The molecular weight excluding hydrogens is 168 g/mol. The van der Waals surface area contributed by atoms with E-state index < -0.39 is 10.1 Å². The molecule has 0 bridgehead atoms. The van der Waals surface area contributed by atoms with E-state index in [2.05, 4.69) is 0 Å². The minimum absolute atomic E-state index is 0.0556. The quantitative estimate of drug-likeness (QED) is 0.588. The van der Waals surface area contributed by atoms with Gasteiger partial charge < -0.3 is 5.11 Å². The van der Waals surface area contributed by atoms with E-state index in [1.807, 2.05) is 0 Å². The summed E-state index contributed by atoms with van der Waals surface area (Å²) in [6.45, 7) is 0. The molecule has 11 heavy (non-hydrogen) atoms. The zero-order chi connectivity index (χ0) is 8.48. The molecule has 2 atom stereocenters. The molecule has 0 unspecified atom stereocenters. The number of hydrogen-bond donors (Lipinski definition) is 2. The Morgan fingerprint density at radius 2 is 2.00 bits per heavy atom. The summed E-state index contributed by atoms with van der Waals surface area (Å²) >= 11 is 0. The number of aliphatic hydroxyl groups is 1. The molecule has 0 spiro atoms. The lowest BCUT2D eigenvalue weighted by Gasteiger charge is -2.04. The maximum Gasteiger partial charge on any atom is 0.265 e. The fraction of sp³-hybridized carbons (Fsp3) is 1.00. The predicted molar refractivity (Wildman–Crippen MR) is 39.8 cm³/mol. The second-order valence-corrected chi connectivity index (χ2v) is 4.58. The Morgan fingerprint density at radius 1 is 1.36 bits per heavy atom. The van der Waals surface area contributed by atoms with Crippen LogP contribution in [0.5, 0.6) is 0 Å². The number of hydrogen-bond acceptors (Lipinski definition) is 3. The van der Waals surface area contributed by atoms with Crippen LogP contribution in [0.3, 0.4) is 0 Å². The normalized spacial score (nSPS) is 32.5. The predicted octanol–water partition coefficient (Wildman–Crippen LogP) is 0.0352. The van der Waals surface area contributed by atoms with Crippen molar-refractivity contribution in [2.24, 2.45) is 5.92 Å². The van der Waals surface area contributed by atoms with E-state index in [1.54, 1.807) is 0 Å². The van der Waals surface area contributed by atoms with Crippen molar-refractivity contribution in [2.45, 2.75) is 25.4 Å². The molecule has 1 rings (SSSR count). The number of rotatable bonds is 2. The molecule has 1 aliphatic carbocycles. The smallest absolute Gasteiger partial charge is 0.265 e. The standard InChI is InChI=1S/C6H12O4S/c7-6-2-1-5(3-6)4-11(8,9)10/h5-7H,1-4H2,(H,8,9,10)/t5-,6+/m0/s1. The lowest BCUT2D eigenvalue weighted by Crippen LogP contribution is -2.13. The molecule has 0 saturated heterocycles. The molecule has 1 aliphatic rings. The third kappa shape index (κ3) is 3.18. The Hall–Kier alpha value is -0.130. The lowest BCUT2D eigenvalue weighted by molar-refractivity contribution is 0.179. The molecule has 66 valence electrons. The van der Waals surface area contributed by atoms with Crippen molar-refractivity contribution in [2.75, 3.05) is 5.75 Å². The summed E-state index contributed by atoms with van der Waals surface area (Å²) in [6, 6.07) is 0. The van der Waals surface area contributed by atoms with E-state index in [0.29, 0.717) is 19.3 Å². The fourth-order valence-corrected chi connectivity index (χ4v) is 2.40. The second-order valence-electron chi connectivity index (χ2n) is 3.08. The van der Waals surface area contributed by atoms with Gasteiger partial charge in [-0.3, -0.25) is 4.55 Å². The Bertz CT molecular complexity index is 221. The molecule has 0 aliphatic heterocycles. The molecule has 4 nitrogen and oxygen atoms in total. The van der Waals surface area contributed by atoms with E-state index in [0.717, 1.165) is 0 Å². The number of aliphatic hydroxyl groups excluding tert-OH is 1. The van der Waals surface area contributed by atoms with Crippen molar-refractivity contribution in [1.82, 2.24) is 0 Å². The van der Waals surface area contributed by atoms with Gasteiger partial charge in [-0.25, -0.2) is 0 Å². The Morgan fingerprint density at radius 3 is 2.36 bits per heavy atom. The Balaban J connectivity index is 2.41. The molecule has 0 aromatic carbocycles. The molecular formula is C6H12O4S. The molecule has 1 saturated carbocycles. The third-order valence-corrected chi connectivity index (χ3v) is 2.85. The van der Waals surface area contributed by atoms with Crippen LogP contribution in [-0.4, -0.2) is 29.9 Å². The highest BCUT2D eigenvalue weighted by molar-refractivity contribution is 7.85. The first-order valence-corrected chi connectivity index (χ1v) is 5.21. The molecule has 0 radical (unpaired) electrons. The summed E-state index contributed by atoms with van der Waals surface area (Å²) < 4.78 is 29.2. The molecule has 5 heteroatoms. The Kier molecular flexibility index (Phi) is 2.51. The van der Waals surface area contributed by atoms with Gasteiger partial charge in [0.25, 0.3) is 10.1 Å². The SMILES string of the molecule is O=S(=O)(O)C[C@H]1CC[C@@H](O)C1. The van der Waals surface area contributed by atoms with Gasteiger partial charge >= 0.3 is 0 Å². The van der Waals surface area contributed by atoms with Crippen LogP contribution in [-0.2, 0) is 10.1 Å².